The molecule has 4 rings (SSSR count). The Balaban J connectivity index is 2.03. The van der Waals surface area contributed by atoms with E-state index in [0.717, 1.165) is 0 Å². The molecule has 0 aliphatic rings. The Hall–Kier alpha value is -2.42. The van der Waals surface area contributed by atoms with Gasteiger partial charge in [-0.1, -0.05) is 102 Å². The minimum absolute atomic E-state index is 0.0385. The van der Waals surface area contributed by atoms with Crippen molar-refractivity contribution in [2.75, 3.05) is 0 Å². The van der Waals surface area contributed by atoms with E-state index in [2.05, 4.69) is 121 Å². The predicted molar refractivity (Wildman–Crippen MR) is 148 cm³/mol. The van der Waals surface area contributed by atoms with E-state index in [-0.39, 0.29) is 10.8 Å². The lowest BCUT2D eigenvalue weighted by Gasteiger charge is -2.30. The summed E-state index contributed by atoms with van der Waals surface area (Å²) in [6.45, 7) is 19.1. The van der Waals surface area contributed by atoms with Crippen molar-refractivity contribution in [1.82, 2.24) is 0 Å². The molecule has 0 fully saturated rings. The van der Waals surface area contributed by atoms with Gasteiger partial charge in [0, 0.05) is 0 Å². The van der Waals surface area contributed by atoms with Gasteiger partial charge in [0.05, 0.1) is 6.61 Å². The first-order chi connectivity index (χ1) is 15.4. The summed E-state index contributed by atoms with van der Waals surface area (Å²) in [4.78, 5) is 0. The summed E-state index contributed by atoms with van der Waals surface area (Å²) in [5, 5.41) is 5.20. The van der Waals surface area contributed by atoms with Crippen molar-refractivity contribution in [2.45, 2.75) is 72.1 Å². The second kappa shape index (κ2) is 8.74. The molecule has 33 heavy (non-hydrogen) atoms. The minimum atomic E-state index is -1.15. The van der Waals surface area contributed by atoms with Crippen LogP contribution < -0.4 is 0 Å². The van der Waals surface area contributed by atoms with E-state index in [4.69, 9.17) is 4.43 Å². The van der Waals surface area contributed by atoms with Gasteiger partial charge in [-0.25, -0.2) is 0 Å². The van der Waals surface area contributed by atoms with E-state index < -0.39 is 9.04 Å². The Morgan fingerprint density at radius 1 is 0.697 bits per heavy atom. The van der Waals surface area contributed by atoms with Gasteiger partial charge in [0.2, 0.25) is 0 Å². The van der Waals surface area contributed by atoms with Gasteiger partial charge in [-0.05, 0) is 79.4 Å². The number of hydrogen-bond donors (Lipinski definition) is 0. The van der Waals surface area contributed by atoms with Crippen LogP contribution in [0.3, 0.4) is 0 Å². The average Bonchev–Trinajstić information content (AvgIpc) is 2.75. The Bertz CT molecular complexity index is 1300. The maximum atomic E-state index is 6.35. The van der Waals surface area contributed by atoms with Crippen LogP contribution in [0.1, 0.15) is 58.2 Å². The van der Waals surface area contributed by atoms with Crippen LogP contribution in [0.5, 0.6) is 0 Å². The van der Waals surface area contributed by atoms with Crippen LogP contribution in [0.4, 0.5) is 0 Å². The molecule has 2 heteroatoms. The number of hydrogen-bond acceptors (Lipinski definition) is 1. The predicted octanol–water partition coefficient (Wildman–Crippen LogP) is 8.76. The summed E-state index contributed by atoms with van der Waals surface area (Å²) in [5.74, 6) is 0. The molecule has 1 nitrogen and oxygen atoms in total. The first-order valence-electron chi connectivity index (χ1n) is 12.2. The Morgan fingerprint density at radius 2 is 1.33 bits per heavy atom. The van der Waals surface area contributed by atoms with Gasteiger partial charge in [-0.15, -0.1) is 0 Å². The van der Waals surface area contributed by atoms with Crippen molar-refractivity contribution in [3.63, 3.8) is 0 Å². The zero-order valence-electron chi connectivity index (χ0n) is 21.5. The highest BCUT2D eigenvalue weighted by Crippen LogP contribution is 2.40. The van der Waals surface area contributed by atoms with E-state index in [1.54, 1.807) is 0 Å². The Kier molecular flexibility index (Phi) is 6.28. The van der Waals surface area contributed by atoms with Crippen molar-refractivity contribution >= 4 is 30.6 Å². The van der Waals surface area contributed by atoms with Crippen LogP contribution in [0.15, 0.2) is 66.7 Å². The van der Waals surface area contributed by atoms with Crippen LogP contribution >= 0.6 is 0 Å². The molecule has 0 aliphatic heterocycles. The first kappa shape index (κ1) is 23.7. The molecule has 0 aromatic heterocycles. The zero-order chi connectivity index (χ0) is 24.0. The molecule has 0 saturated carbocycles. The molecular formula is C31H38OSi. The lowest BCUT2D eigenvalue weighted by molar-refractivity contribution is 0.311. The van der Waals surface area contributed by atoms with Crippen molar-refractivity contribution in [2.24, 2.45) is 0 Å². The van der Waals surface area contributed by atoms with Crippen LogP contribution in [0.25, 0.3) is 32.7 Å². The van der Waals surface area contributed by atoms with Crippen LogP contribution in [-0.4, -0.2) is 9.04 Å². The van der Waals surface area contributed by atoms with Gasteiger partial charge in [-0.2, -0.15) is 0 Å². The van der Waals surface area contributed by atoms with Crippen molar-refractivity contribution < 1.29 is 4.43 Å². The van der Waals surface area contributed by atoms with Gasteiger partial charge >= 0.3 is 0 Å². The molecule has 172 valence electrons. The quantitative estimate of drug-likeness (QED) is 0.221. The highest BCUT2D eigenvalue weighted by atomic mass is 28.3. The van der Waals surface area contributed by atoms with E-state index in [9.17, 15) is 0 Å². The van der Waals surface area contributed by atoms with Gasteiger partial charge in [-0.3, -0.25) is 0 Å². The Morgan fingerprint density at radius 3 is 1.97 bits per heavy atom. The second-order valence-corrected chi connectivity index (χ2v) is 14.1. The first-order valence-corrected chi connectivity index (χ1v) is 14.9. The van der Waals surface area contributed by atoms with E-state index in [1.807, 2.05) is 0 Å². The highest BCUT2D eigenvalue weighted by molar-refractivity contribution is 6.48. The highest BCUT2D eigenvalue weighted by Gasteiger charge is 2.26. The number of fused-ring (bicyclic) bond motifs is 3. The van der Waals surface area contributed by atoms with Crippen LogP contribution in [0.2, 0.25) is 13.1 Å². The lowest BCUT2D eigenvalue weighted by atomic mass is 9.76. The average molecular weight is 455 g/mol. The fraction of sp³-hybridized carbons (Fsp3) is 0.355. The summed E-state index contributed by atoms with van der Waals surface area (Å²) in [6, 6.07) is 25.0. The summed E-state index contributed by atoms with van der Waals surface area (Å²) >= 11 is 0. The fourth-order valence-corrected chi connectivity index (χ4v) is 5.11. The smallest absolute Gasteiger partial charge is 0.171 e. The van der Waals surface area contributed by atoms with Crippen LogP contribution in [0, 0.1) is 0 Å². The van der Waals surface area contributed by atoms with E-state index in [1.165, 1.54) is 49.4 Å². The summed E-state index contributed by atoms with van der Waals surface area (Å²) < 4.78 is 6.35. The molecule has 0 atom stereocenters. The van der Waals surface area contributed by atoms with E-state index in [0.29, 0.717) is 6.61 Å². The maximum absolute atomic E-state index is 6.35. The van der Waals surface area contributed by atoms with Gasteiger partial charge < -0.3 is 4.43 Å². The monoisotopic (exact) mass is 454 g/mol. The fourth-order valence-electron chi connectivity index (χ4n) is 4.61. The minimum Gasteiger partial charge on any atom is -0.416 e. The molecule has 0 spiro atoms. The van der Waals surface area contributed by atoms with Gasteiger partial charge in [0.25, 0.3) is 0 Å². The zero-order valence-corrected chi connectivity index (χ0v) is 22.7. The van der Waals surface area contributed by atoms with Crippen LogP contribution in [-0.2, 0) is 21.9 Å². The largest absolute Gasteiger partial charge is 0.416 e. The topological polar surface area (TPSA) is 9.23 Å². The number of rotatable bonds is 4. The van der Waals surface area contributed by atoms with Gasteiger partial charge in [0.15, 0.2) is 9.04 Å². The lowest BCUT2D eigenvalue weighted by Crippen LogP contribution is -2.21. The molecule has 4 aromatic rings. The standard InChI is InChI=1S/C31H38OSi/c1-30(2,3)24-18-27(28(20-32-33(7)8)29(19-24)31(4,5)6)23-16-15-22-14-13-21-11-9-10-12-25(21)26(22)17-23/h9-19,33H,20H2,1-8H3. The van der Waals surface area contributed by atoms with Crippen molar-refractivity contribution in [1.29, 1.82) is 0 Å². The third-order valence-electron chi connectivity index (χ3n) is 6.54. The van der Waals surface area contributed by atoms with Gasteiger partial charge in [0.1, 0.15) is 0 Å². The Labute approximate surface area is 201 Å². The normalized spacial score (nSPS) is 12.8. The second-order valence-electron chi connectivity index (χ2n) is 11.6. The molecule has 0 heterocycles. The SMILES string of the molecule is C[SiH](C)OCc1c(-c2ccc3ccc4ccccc4c3c2)cc(C(C)(C)C)cc1C(C)(C)C. The number of benzene rings is 4. The maximum Gasteiger partial charge on any atom is 0.171 e. The molecule has 0 bridgehead atoms. The molecule has 0 unspecified atom stereocenters. The molecule has 0 saturated heterocycles. The molecule has 0 N–H and O–H groups in total. The third-order valence-corrected chi connectivity index (χ3v) is 7.38. The molecule has 4 aromatic carbocycles. The molecule has 0 amide bonds. The third kappa shape index (κ3) is 4.93. The van der Waals surface area contributed by atoms with Crippen molar-refractivity contribution in [3.8, 4) is 11.1 Å². The molecule has 0 radical (unpaired) electrons. The summed E-state index contributed by atoms with van der Waals surface area (Å²) in [6.07, 6.45) is 0. The molecule has 0 aliphatic carbocycles. The summed E-state index contributed by atoms with van der Waals surface area (Å²) in [7, 11) is -1.15. The summed E-state index contributed by atoms with van der Waals surface area (Å²) in [5.41, 5.74) is 6.83. The van der Waals surface area contributed by atoms with E-state index >= 15 is 0 Å². The van der Waals surface area contributed by atoms with Crippen molar-refractivity contribution in [3.05, 3.63) is 83.4 Å². The molecular weight excluding hydrogens is 416 g/mol.